The molecule has 6 N–H and O–H groups in total. The minimum atomic E-state index is -0.225. The number of para-hydroxylation sites is 1. The number of nitrogens with two attached hydrogens (primary N) is 1. The molecule has 0 spiro atoms. The number of aryl methyl sites for hydroxylation is 1. The van der Waals surface area contributed by atoms with Crippen molar-refractivity contribution in [3.8, 4) is 5.82 Å². The topological polar surface area (TPSA) is 172 Å². The first kappa shape index (κ1) is 26.5. The Bertz CT molecular complexity index is 1650. The number of benzene rings is 1. The highest BCUT2D eigenvalue weighted by atomic mass is 16.2. The van der Waals surface area contributed by atoms with E-state index in [2.05, 4.69) is 42.4 Å². The van der Waals surface area contributed by atoms with Gasteiger partial charge >= 0.3 is 0 Å². The second-order valence-electron chi connectivity index (χ2n) is 9.65. The molecule has 0 fully saturated rings. The molecule has 3 aromatic heterocycles. The Morgan fingerprint density at radius 3 is 2.83 bits per heavy atom. The highest BCUT2D eigenvalue weighted by molar-refractivity contribution is 6.17. The van der Waals surface area contributed by atoms with E-state index >= 15 is 0 Å². The fourth-order valence-corrected chi connectivity index (χ4v) is 4.71. The summed E-state index contributed by atoms with van der Waals surface area (Å²) in [6, 6.07) is 10.1. The standard InChI is InChI=1S/C28H31N11O/c1-16-12-20(8-9-22(16)37-38-36-18(3)40)25(29)24-26(30)33-15-34-27(24)32-14-21-13-19-6-4-5-7-23(19)35-28(21)39-11-10-31-17(39)2/h4-8,10-11,13,15-16,29,38H,9,12,14H2,1-3H3,(H,36,40)(H3,30,32,33,34)/b29-25?,37-22+. The summed E-state index contributed by atoms with van der Waals surface area (Å²) in [4.78, 5) is 29.0. The van der Waals surface area contributed by atoms with Crippen molar-refractivity contribution in [1.82, 2.24) is 35.5 Å². The summed E-state index contributed by atoms with van der Waals surface area (Å²) >= 11 is 0. The smallest absolute Gasteiger partial charge is 0.236 e. The van der Waals surface area contributed by atoms with E-state index in [4.69, 9.17) is 16.1 Å². The molecule has 0 radical (unpaired) electrons. The number of carbonyl (C=O) groups is 1. The van der Waals surface area contributed by atoms with Crippen LogP contribution in [0, 0.1) is 18.3 Å². The van der Waals surface area contributed by atoms with Crippen molar-refractivity contribution >= 4 is 39.9 Å². The molecule has 204 valence electrons. The number of hydrogen-bond donors (Lipinski definition) is 5. The Balaban J connectivity index is 1.42. The Morgan fingerprint density at radius 2 is 2.08 bits per heavy atom. The van der Waals surface area contributed by atoms with Crippen molar-refractivity contribution in [3.05, 3.63) is 77.7 Å². The second kappa shape index (κ2) is 11.3. The number of imidazole rings is 1. The van der Waals surface area contributed by atoms with E-state index in [1.54, 1.807) is 6.20 Å². The molecule has 12 heteroatoms. The molecule has 4 aromatic rings. The van der Waals surface area contributed by atoms with Crippen LogP contribution < -0.4 is 22.0 Å². The van der Waals surface area contributed by atoms with Gasteiger partial charge in [-0.1, -0.05) is 31.2 Å². The van der Waals surface area contributed by atoms with Crippen LogP contribution in [0.15, 0.2) is 65.8 Å². The van der Waals surface area contributed by atoms with Crippen LogP contribution in [0.3, 0.4) is 0 Å². The second-order valence-corrected chi connectivity index (χ2v) is 9.65. The first-order chi connectivity index (χ1) is 19.3. The van der Waals surface area contributed by atoms with Gasteiger partial charge in [-0.3, -0.25) is 20.2 Å². The highest BCUT2D eigenvalue weighted by Crippen LogP contribution is 2.29. The molecule has 0 aliphatic heterocycles. The number of allylic oxidation sites excluding steroid dienone is 2. The van der Waals surface area contributed by atoms with Crippen LogP contribution in [-0.4, -0.2) is 41.8 Å². The summed E-state index contributed by atoms with van der Waals surface area (Å²) in [6.45, 7) is 5.77. The van der Waals surface area contributed by atoms with Gasteiger partial charge in [0.25, 0.3) is 0 Å². The number of hydrazine groups is 1. The molecule has 1 aliphatic carbocycles. The summed E-state index contributed by atoms with van der Waals surface area (Å²) in [7, 11) is 0. The third-order valence-electron chi connectivity index (χ3n) is 6.81. The predicted octanol–water partition coefficient (Wildman–Crippen LogP) is 3.43. The molecule has 3 heterocycles. The first-order valence-electron chi connectivity index (χ1n) is 12.9. The van der Waals surface area contributed by atoms with Crippen molar-refractivity contribution in [2.45, 2.75) is 40.2 Å². The summed E-state index contributed by atoms with van der Waals surface area (Å²) in [5, 5.41) is 17.7. The van der Waals surface area contributed by atoms with Crippen LogP contribution in [-0.2, 0) is 11.3 Å². The SMILES string of the molecule is CC(=O)NN/N=C1\CC=C(C(=N)c2c(N)ncnc2NCc2cc3ccccc3nc2-n2ccnc2C)CC1C. The van der Waals surface area contributed by atoms with E-state index in [9.17, 15) is 4.79 Å². The van der Waals surface area contributed by atoms with E-state index in [-0.39, 0.29) is 23.4 Å². The van der Waals surface area contributed by atoms with Gasteiger partial charge in [0.05, 0.1) is 16.8 Å². The van der Waals surface area contributed by atoms with Gasteiger partial charge in [-0.05, 0) is 31.1 Å². The van der Waals surface area contributed by atoms with E-state index < -0.39 is 0 Å². The van der Waals surface area contributed by atoms with E-state index in [1.165, 1.54) is 13.3 Å². The van der Waals surface area contributed by atoms with Crippen LogP contribution >= 0.6 is 0 Å². The van der Waals surface area contributed by atoms with Gasteiger partial charge in [0.2, 0.25) is 5.91 Å². The average molecular weight is 538 g/mol. The maximum atomic E-state index is 11.1. The lowest BCUT2D eigenvalue weighted by molar-refractivity contribution is -0.119. The van der Waals surface area contributed by atoms with Crippen molar-refractivity contribution in [1.29, 1.82) is 5.41 Å². The predicted molar refractivity (Wildman–Crippen MR) is 155 cm³/mol. The molecule has 1 atom stereocenters. The largest absolute Gasteiger partial charge is 0.383 e. The Labute approximate surface area is 231 Å². The molecule has 1 unspecified atom stereocenters. The summed E-state index contributed by atoms with van der Waals surface area (Å²) < 4.78 is 1.95. The molecule has 0 bridgehead atoms. The molecule has 1 amide bonds. The lowest BCUT2D eigenvalue weighted by Gasteiger charge is -2.23. The molecular weight excluding hydrogens is 506 g/mol. The van der Waals surface area contributed by atoms with Crippen LogP contribution in [0.5, 0.6) is 0 Å². The Kier molecular flexibility index (Phi) is 7.49. The molecule has 1 aromatic carbocycles. The number of aromatic nitrogens is 5. The molecule has 1 aliphatic rings. The first-order valence-corrected chi connectivity index (χ1v) is 12.9. The lowest BCUT2D eigenvalue weighted by atomic mass is 9.85. The number of nitrogens with one attached hydrogen (secondary N) is 4. The third kappa shape index (κ3) is 5.51. The molecule has 0 saturated carbocycles. The van der Waals surface area contributed by atoms with E-state index in [1.807, 2.05) is 55.0 Å². The number of pyridine rings is 1. The van der Waals surface area contributed by atoms with Crippen LogP contribution in [0.4, 0.5) is 11.6 Å². The number of carbonyl (C=O) groups excluding carboxylic acids is 1. The maximum Gasteiger partial charge on any atom is 0.236 e. The van der Waals surface area contributed by atoms with E-state index in [0.717, 1.165) is 39.4 Å². The number of nitrogens with zero attached hydrogens (tertiary/aromatic N) is 6. The monoisotopic (exact) mass is 537 g/mol. The van der Waals surface area contributed by atoms with Gasteiger partial charge in [0.15, 0.2) is 0 Å². The lowest BCUT2D eigenvalue weighted by Crippen LogP contribution is -2.33. The number of rotatable bonds is 8. The molecular formula is C28H31N11O. The van der Waals surface area contributed by atoms with Crippen molar-refractivity contribution in [3.63, 3.8) is 0 Å². The summed E-state index contributed by atoms with van der Waals surface area (Å²) in [5.41, 5.74) is 15.6. The maximum absolute atomic E-state index is 11.1. The zero-order valence-electron chi connectivity index (χ0n) is 22.6. The van der Waals surface area contributed by atoms with Crippen molar-refractivity contribution in [2.75, 3.05) is 11.1 Å². The Morgan fingerprint density at radius 1 is 1.25 bits per heavy atom. The van der Waals surface area contributed by atoms with Gasteiger partial charge in [-0.2, -0.15) is 5.10 Å². The number of hydrogen-bond acceptors (Lipinski definition) is 10. The zero-order valence-corrected chi connectivity index (χ0v) is 22.6. The third-order valence-corrected chi connectivity index (χ3v) is 6.81. The van der Waals surface area contributed by atoms with Gasteiger partial charge in [0, 0.05) is 54.9 Å². The number of nitrogen functional groups attached to an aromatic ring is 1. The zero-order chi connectivity index (χ0) is 28.2. The molecule has 12 nitrogen and oxygen atoms in total. The number of fused-ring (bicyclic) bond motifs is 1. The number of anilines is 2. The number of hydrazone groups is 1. The fourth-order valence-electron chi connectivity index (χ4n) is 4.71. The van der Waals surface area contributed by atoms with Crippen LogP contribution in [0.25, 0.3) is 16.7 Å². The summed E-state index contributed by atoms with van der Waals surface area (Å²) in [5.74, 6) is 2.13. The van der Waals surface area contributed by atoms with Gasteiger partial charge < -0.3 is 11.1 Å². The van der Waals surface area contributed by atoms with Crippen LogP contribution in [0.1, 0.15) is 43.6 Å². The van der Waals surface area contributed by atoms with Crippen molar-refractivity contribution in [2.24, 2.45) is 11.0 Å². The van der Waals surface area contributed by atoms with Crippen molar-refractivity contribution < 1.29 is 4.79 Å². The fraction of sp³-hybridized carbons (Fsp3) is 0.250. The van der Waals surface area contributed by atoms with Gasteiger partial charge in [-0.25, -0.2) is 25.5 Å². The summed E-state index contributed by atoms with van der Waals surface area (Å²) in [6.07, 6.45) is 8.12. The number of amides is 1. The van der Waals surface area contributed by atoms with E-state index in [0.29, 0.717) is 30.8 Å². The molecule has 40 heavy (non-hydrogen) atoms. The normalized spacial score (nSPS) is 16.0. The minimum absolute atomic E-state index is 0.0634. The minimum Gasteiger partial charge on any atom is -0.383 e. The van der Waals surface area contributed by atoms with Gasteiger partial charge in [0.1, 0.15) is 29.6 Å². The van der Waals surface area contributed by atoms with Crippen LogP contribution in [0.2, 0.25) is 0 Å². The average Bonchev–Trinajstić information content (AvgIpc) is 3.37. The Hall–Kier alpha value is -5.13. The quantitative estimate of drug-likeness (QED) is 0.168. The molecule has 0 saturated heterocycles. The van der Waals surface area contributed by atoms with Gasteiger partial charge in [-0.15, -0.1) is 0 Å². The molecule has 5 rings (SSSR count). The highest BCUT2D eigenvalue weighted by Gasteiger charge is 2.24.